The molecule has 3 heterocycles. The molecule has 260 valence electrons. The van der Waals surface area contributed by atoms with Crippen LogP contribution in [-0.2, 0) is 0 Å². The Hall–Kier alpha value is -6.43. The van der Waals surface area contributed by atoms with Gasteiger partial charge in [0.25, 0.3) is 0 Å². The second-order valence-corrected chi connectivity index (χ2v) is 15.6. The summed E-state index contributed by atoms with van der Waals surface area (Å²) in [6, 6.07) is 66.3. The Morgan fingerprint density at radius 1 is 0.473 bits per heavy atom. The van der Waals surface area contributed by atoms with Gasteiger partial charge in [-0.15, -0.1) is 11.8 Å². The highest BCUT2D eigenvalue weighted by atomic mass is 32.2. The number of allylic oxidation sites excluding steroid dienone is 4. The highest BCUT2D eigenvalue weighted by Crippen LogP contribution is 2.55. The first-order valence-electron chi connectivity index (χ1n) is 19.1. The average Bonchev–Trinajstić information content (AvgIpc) is 3.64. The predicted molar refractivity (Wildman–Crippen MR) is 235 cm³/mol. The minimum Gasteiger partial charge on any atom is -0.311 e. The Balaban J connectivity index is 1.16. The zero-order valence-electron chi connectivity index (χ0n) is 30.1. The monoisotopic (exact) mass is 721 g/mol. The van der Waals surface area contributed by atoms with E-state index in [0.29, 0.717) is 5.25 Å². The maximum absolute atomic E-state index is 2.57. The maximum Gasteiger partial charge on any atom is 0.249 e. The molecule has 7 aromatic carbocycles. The van der Waals surface area contributed by atoms with E-state index in [4.69, 9.17) is 0 Å². The van der Waals surface area contributed by atoms with Crippen LogP contribution >= 0.6 is 11.8 Å². The molecule has 0 fully saturated rings. The molecule has 0 radical (unpaired) electrons. The van der Waals surface area contributed by atoms with Crippen LogP contribution in [0.3, 0.4) is 0 Å². The Labute approximate surface area is 327 Å². The third-order valence-electron chi connectivity index (χ3n) is 11.4. The van der Waals surface area contributed by atoms with Gasteiger partial charge < -0.3 is 14.7 Å². The Kier molecular flexibility index (Phi) is 7.66. The lowest BCUT2D eigenvalue weighted by molar-refractivity contribution is 0.832. The van der Waals surface area contributed by atoms with Gasteiger partial charge in [0.1, 0.15) is 0 Å². The minimum absolute atomic E-state index is 0.0966. The van der Waals surface area contributed by atoms with Crippen molar-refractivity contribution in [3.8, 4) is 11.1 Å². The topological polar surface area (TPSA) is 9.72 Å². The minimum atomic E-state index is 0.0966. The summed E-state index contributed by atoms with van der Waals surface area (Å²) in [5.74, 6) is 0.289. The summed E-state index contributed by atoms with van der Waals surface area (Å²) in [6.07, 6.45) is 9.32. The quantitative estimate of drug-likeness (QED) is 0.158. The largest absolute Gasteiger partial charge is 0.311 e. The van der Waals surface area contributed by atoms with Crippen molar-refractivity contribution in [3.05, 3.63) is 217 Å². The van der Waals surface area contributed by atoms with E-state index in [0.717, 1.165) is 22.7 Å². The van der Waals surface area contributed by atoms with Crippen LogP contribution in [-0.4, -0.2) is 12.0 Å². The molecule has 11 rings (SSSR count). The molecule has 7 aromatic rings. The normalized spacial score (nSPS) is 17.4. The van der Waals surface area contributed by atoms with E-state index >= 15 is 0 Å². The second-order valence-electron chi connectivity index (χ2n) is 14.5. The summed E-state index contributed by atoms with van der Waals surface area (Å²) in [5.41, 5.74) is 16.0. The first-order valence-corrected chi connectivity index (χ1v) is 19.9. The fourth-order valence-corrected chi connectivity index (χ4v) is 10.5. The molecule has 3 nitrogen and oxygen atoms in total. The van der Waals surface area contributed by atoms with Crippen LogP contribution in [0.15, 0.2) is 217 Å². The number of para-hydroxylation sites is 3. The van der Waals surface area contributed by atoms with Crippen molar-refractivity contribution in [1.29, 1.82) is 0 Å². The van der Waals surface area contributed by atoms with Crippen LogP contribution in [0.2, 0.25) is 0 Å². The molecule has 0 saturated heterocycles. The highest BCUT2D eigenvalue weighted by molar-refractivity contribution is 8.04. The average molecular weight is 722 g/mol. The van der Waals surface area contributed by atoms with Gasteiger partial charge in [-0.25, -0.2) is 0 Å². The number of rotatable bonds is 6. The molecule has 0 amide bonds. The van der Waals surface area contributed by atoms with Crippen LogP contribution in [0.1, 0.15) is 0 Å². The van der Waals surface area contributed by atoms with E-state index in [-0.39, 0.29) is 12.6 Å². The summed E-state index contributed by atoms with van der Waals surface area (Å²) in [7, 11) is 0. The van der Waals surface area contributed by atoms with Crippen molar-refractivity contribution in [2.24, 2.45) is 5.92 Å². The summed E-state index contributed by atoms with van der Waals surface area (Å²) < 4.78 is 0. The van der Waals surface area contributed by atoms with Gasteiger partial charge >= 0.3 is 0 Å². The number of fused-ring (bicyclic) bond motifs is 5. The van der Waals surface area contributed by atoms with Crippen molar-refractivity contribution < 1.29 is 0 Å². The lowest BCUT2D eigenvalue weighted by atomic mass is 9.31. The third kappa shape index (κ3) is 5.22. The first kappa shape index (κ1) is 32.0. The molecular formula is C50H36BN3S. The summed E-state index contributed by atoms with van der Waals surface area (Å²) in [4.78, 5) is 7.44. The van der Waals surface area contributed by atoms with Gasteiger partial charge in [0.05, 0.1) is 5.03 Å². The smallest absolute Gasteiger partial charge is 0.249 e. The lowest BCUT2D eigenvalue weighted by Crippen LogP contribution is -2.56. The van der Waals surface area contributed by atoms with Gasteiger partial charge in [0.15, 0.2) is 0 Å². The molecule has 0 bridgehead atoms. The highest BCUT2D eigenvalue weighted by Gasteiger charge is 2.50. The van der Waals surface area contributed by atoms with Crippen LogP contribution < -0.4 is 25.6 Å². The van der Waals surface area contributed by atoms with Gasteiger partial charge in [-0.05, 0) is 94.8 Å². The lowest BCUT2D eigenvalue weighted by Gasteiger charge is -2.44. The molecule has 55 heavy (non-hydrogen) atoms. The Bertz CT molecular complexity index is 2620. The molecule has 4 aliphatic rings. The van der Waals surface area contributed by atoms with E-state index < -0.39 is 0 Å². The van der Waals surface area contributed by atoms with Crippen molar-refractivity contribution in [1.82, 2.24) is 0 Å². The van der Waals surface area contributed by atoms with Gasteiger partial charge in [0.2, 0.25) is 6.71 Å². The van der Waals surface area contributed by atoms with E-state index in [1.54, 1.807) is 0 Å². The van der Waals surface area contributed by atoms with E-state index in [1.165, 1.54) is 55.3 Å². The molecule has 0 aromatic heterocycles. The van der Waals surface area contributed by atoms with Gasteiger partial charge in [0, 0.05) is 56.7 Å². The SMILES string of the molecule is C1=CC2SC3=C(B4c5ccc(N(c6ccccc6)c6ccccc6)cc5N(c5ccccc5)c5cccc(c54)N3c3cccc(-c4ccccc4)c3)C2C=C1. The van der Waals surface area contributed by atoms with E-state index in [2.05, 4.69) is 221 Å². The maximum atomic E-state index is 2.57. The number of benzene rings is 7. The molecule has 5 heteroatoms. The summed E-state index contributed by atoms with van der Waals surface area (Å²) in [6.45, 7) is 0.0966. The molecule has 0 N–H and O–H groups in total. The Morgan fingerprint density at radius 2 is 1.07 bits per heavy atom. The fraction of sp³-hybridized carbons (Fsp3) is 0.0400. The zero-order valence-corrected chi connectivity index (χ0v) is 30.9. The van der Waals surface area contributed by atoms with Crippen molar-refractivity contribution in [3.63, 3.8) is 0 Å². The van der Waals surface area contributed by atoms with E-state index in [1.807, 2.05) is 11.8 Å². The number of anilines is 8. The predicted octanol–water partition coefficient (Wildman–Crippen LogP) is 12.0. The van der Waals surface area contributed by atoms with Gasteiger partial charge in [-0.3, -0.25) is 0 Å². The van der Waals surface area contributed by atoms with Crippen LogP contribution in [0.4, 0.5) is 45.5 Å². The molecular weight excluding hydrogens is 685 g/mol. The van der Waals surface area contributed by atoms with Crippen molar-refractivity contribution in [2.45, 2.75) is 5.25 Å². The zero-order chi connectivity index (χ0) is 36.3. The molecule has 0 saturated carbocycles. The summed E-state index contributed by atoms with van der Waals surface area (Å²) >= 11 is 2.02. The molecule has 3 aliphatic heterocycles. The standard InChI is InChI=1S/C50H36BN3S/c1-5-17-35(18-6-1)36-19-15-26-40(33-36)54-45-29-16-28-44-49(45)51(48-42-27-13-14-30-47(42)55-50(48)54)43-32-31-41(34-46(43)53(44)39-24-11-4-12-25-39)52(37-20-7-2-8-21-37)38-22-9-3-10-23-38/h1-34,42,47H. The molecule has 2 unspecified atom stereocenters. The number of thioether (sulfide) groups is 1. The van der Waals surface area contributed by atoms with E-state index in [9.17, 15) is 0 Å². The molecule has 0 spiro atoms. The number of nitrogens with zero attached hydrogens (tertiary/aromatic N) is 3. The fourth-order valence-electron chi connectivity index (χ4n) is 9.04. The van der Waals surface area contributed by atoms with Crippen LogP contribution in [0, 0.1) is 5.92 Å². The number of hydrogen-bond acceptors (Lipinski definition) is 4. The van der Waals surface area contributed by atoms with Crippen molar-refractivity contribution in [2.75, 3.05) is 14.7 Å². The molecule has 2 atom stereocenters. The van der Waals surface area contributed by atoms with Crippen molar-refractivity contribution >= 4 is 74.9 Å². The second kappa shape index (κ2) is 13.2. The summed E-state index contributed by atoms with van der Waals surface area (Å²) in [5, 5.41) is 1.69. The van der Waals surface area contributed by atoms with Gasteiger partial charge in [-0.1, -0.05) is 139 Å². The van der Waals surface area contributed by atoms with Gasteiger partial charge in [-0.2, -0.15) is 0 Å². The third-order valence-corrected chi connectivity index (χ3v) is 12.7. The Morgan fingerprint density at radius 3 is 1.80 bits per heavy atom. The number of hydrogen-bond donors (Lipinski definition) is 0. The van der Waals surface area contributed by atoms with Crippen LogP contribution in [0.25, 0.3) is 11.1 Å². The first-order chi connectivity index (χ1) is 27.3. The van der Waals surface area contributed by atoms with Crippen LogP contribution in [0.5, 0.6) is 0 Å². The molecule has 1 aliphatic carbocycles.